The molecule has 1 unspecified atom stereocenters. The normalized spacial score (nSPS) is 16.5. The molecule has 1 N–H and O–H groups in total. The maximum Gasteiger partial charge on any atom is 0.130 e. The molecule has 0 saturated carbocycles. The summed E-state index contributed by atoms with van der Waals surface area (Å²) in [6.45, 7) is 2.77. The van der Waals surface area contributed by atoms with Crippen molar-refractivity contribution in [2.24, 2.45) is 7.05 Å². The summed E-state index contributed by atoms with van der Waals surface area (Å²) in [5.74, 6) is 2.01. The van der Waals surface area contributed by atoms with E-state index in [9.17, 15) is 4.39 Å². The minimum atomic E-state index is -0.162. The second-order valence-electron chi connectivity index (χ2n) is 6.16. The first-order valence-corrected chi connectivity index (χ1v) is 8.81. The smallest absolute Gasteiger partial charge is 0.130 e. The lowest BCUT2D eigenvalue weighted by molar-refractivity contribution is 0.504. The maximum atomic E-state index is 13.6. The standard InChI is InChI=1S/C17H23FN4S.ClH/c1-11-14(17(21(2)3)22(4)20-11)10-19-15-7-8-23-16-6-5-12(18)9-13(15)16;/h5-6,9,15,19H,7-8,10H2,1-4H3;1H. The van der Waals surface area contributed by atoms with Gasteiger partial charge in [-0.15, -0.1) is 24.2 Å². The number of benzene rings is 1. The third kappa shape index (κ3) is 3.71. The summed E-state index contributed by atoms with van der Waals surface area (Å²) in [4.78, 5) is 3.27. The van der Waals surface area contributed by atoms with Crippen molar-refractivity contribution in [1.82, 2.24) is 15.1 Å². The first-order chi connectivity index (χ1) is 11.0. The summed E-state index contributed by atoms with van der Waals surface area (Å²) < 4.78 is 15.5. The summed E-state index contributed by atoms with van der Waals surface area (Å²) in [5, 5.41) is 8.14. The van der Waals surface area contributed by atoms with E-state index in [2.05, 4.69) is 15.3 Å². The van der Waals surface area contributed by atoms with Crippen molar-refractivity contribution >= 4 is 30.0 Å². The van der Waals surface area contributed by atoms with Crippen LogP contribution in [-0.2, 0) is 13.6 Å². The molecule has 3 rings (SSSR count). The van der Waals surface area contributed by atoms with Crippen molar-refractivity contribution in [3.05, 3.63) is 40.8 Å². The SMILES string of the molecule is Cc1nn(C)c(N(C)C)c1CNC1CCSc2ccc(F)cc21.Cl. The van der Waals surface area contributed by atoms with E-state index in [0.717, 1.165) is 35.8 Å². The summed E-state index contributed by atoms with van der Waals surface area (Å²) in [6.07, 6.45) is 1.01. The van der Waals surface area contributed by atoms with Gasteiger partial charge in [-0.05, 0) is 42.9 Å². The lowest BCUT2D eigenvalue weighted by atomic mass is 10.0. The second kappa shape index (κ2) is 7.76. The fourth-order valence-electron chi connectivity index (χ4n) is 3.26. The molecule has 1 aliphatic rings. The summed E-state index contributed by atoms with van der Waals surface area (Å²) >= 11 is 1.81. The Morgan fingerprint density at radius 3 is 2.88 bits per heavy atom. The van der Waals surface area contributed by atoms with Gasteiger partial charge in [0.1, 0.15) is 11.6 Å². The van der Waals surface area contributed by atoms with Crippen LogP contribution in [0.2, 0.25) is 0 Å². The van der Waals surface area contributed by atoms with Gasteiger partial charge in [0, 0.05) is 44.2 Å². The molecule has 1 aliphatic heterocycles. The molecule has 1 aromatic carbocycles. The summed E-state index contributed by atoms with van der Waals surface area (Å²) in [6, 6.07) is 5.30. The number of nitrogens with one attached hydrogen (secondary N) is 1. The molecule has 0 bridgehead atoms. The predicted molar refractivity (Wildman–Crippen MR) is 101 cm³/mol. The third-order valence-corrected chi connectivity index (χ3v) is 5.40. The quantitative estimate of drug-likeness (QED) is 0.889. The molecule has 0 spiro atoms. The van der Waals surface area contributed by atoms with Gasteiger partial charge < -0.3 is 10.2 Å². The minimum Gasteiger partial charge on any atom is -0.363 e. The van der Waals surface area contributed by atoms with Gasteiger partial charge in [-0.2, -0.15) is 5.10 Å². The largest absolute Gasteiger partial charge is 0.363 e. The van der Waals surface area contributed by atoms with E-state index >= 15 is 0 Å². The molecule has 0 saturated heterocycles. The molecule has 0 aliphatic carbocycles. The number of nitrogens with zero attached hydrogens (tertiary/aromatic N) is 3. The first kappa shape index (κ1) is 19.1. The number of anilines is 1. The Labute approximate surface area is 153 Å². The lowest BCUT2D eigenvalue weighted by Gasteiger charge is -2.26. The highest BCUT2D eigenvalue weighted by Crippen LogP contribution is 2.37. The fraction of sp³-hybridized carbons (Fsp3) is 0.471. The van der Waals surface area contributed by atoms with Crippen molar-refractivity contribution in [3.8, 4) is 0 Å². The fourth-order valence-corrected chi connectivity index (χ4v) is 4.36. The van der Waals surface area contributed by atoms with Gasteiger partial charge in [0.05, 0.1) is 5.69 Å². The Morgan fingerprint density at radius 2 is 2.17 bits per heavy atom. The van der Waals surface area contributed by atoms with Crippen LogP contribution in [0.25, 0.3) is 0 Å². The Kier molecular flexibility index (Phi) is 6.17. The van der Waals surface area contributed by atoms with Gasteiger partial charge in [0.25, 0.3) is 0 Å². The number of hydrogen-bond donors (Lipinski definition) is 1. The predicted octanol–water partition coefficient (Wildman–Crippen LogP) is 3.68. The van der Waals surface area contributed by atoms with Gasteiger partial charge in [-0.1, -0.05) is 0 Å². The van der Waals surface area contributed by atoms with E-state index in [-0.39, 0.29) is 24.3 Å². The monoisotopic (exact) mass is 370 g/mol. The Bertz CT molecular complexity index is 717. The van der Waals surface area contributed by atoms with Gasteiger partial charge >= 0.3 is 0 Å². The highest BCUT2D eigenvalue weighted by molar-refractivity contribution is 7.99. The van der Waals surface area contributed by atoms with Gasteiger partial charge in [0.15, 0.2) is 0 Å². The van der Waals surface area contributed by atoms with Crippen molar-refractivity contribution in [2.45, 2.75) is 30.8 Å². The number of fused-ring (bicyclic) bond motifs is 1. The Hall–Kier alpha value is -1.24. The van der Waals surface area contributed by atoms with Crippen LogP contribution < -0.4 is 10.2 Å². The number of thioether (sulfide) groups is 1. The Morgan fingerprint density at radius 1 is 1.42 bits per heavy atom. The molecule has 4 nitrogen and oxygen atoms in total. The van der Waals surface area contributed by atoms with Crippen LogP contribution in [0.1, 0.15) is 29.3 Å². The van der Waals surface area contributed by atoms with Gasteiger partial charge in [-0.3, -0.25) is 4.68 Å². The van der Waals surface area contributed by atoms with Crippen molar-refractivity contribution in [2.75, 3.05) is 24.7 Å². The van der Waals surface area contributed by atoms with Crippen LogP contribution >= 0.6 is 24.2 Å². The Balaban J connectivity index is 0.00000208. The van der Waals surface area contributed by atoms with E-state index in [0.29, 0.717) is 0 Å². The van der Waals surface area contributed by atoms with E-state index in [4.69, 9.17) is 0 Å². The average Bonchev–Trinajstić information content (AvgIpc) is 2.79. The first-order valence-electron chi connectivity index (χ1n) is 7.82. The van der Waals surface area contributed by atoms with Crippen LogP contribution in [-0.4, -0.2) is 29.6 Å². The third-order valence-electron chi connectivity index (χ3n) is 4.27. The van der Waals surface area contributed by atoms with Crippen molar-refractivity contribution in [3.63, 3.8) is 0 Å². The highest BCUT2D eigenvalue weighted by Gasteiger charge is 2.22. The van der Waals surface area contributed by atoms with Crippen LogP contribution in [0.5, 0.6) is 0 Å². The zero-order chi connectivity index (χ0) is 16.6. The molecular formula is C17H24ClFN4S. The second-order valence-corrected chi connectivity index (χ2v) is 7.30. The number of aromatic nitrogens is 2. The number of rotatable bonds is 4. The van der Waals surface area contributed by atoms with E-state index in [1.165, 1.54) is 10.5 Å². The van der Waals surface area contributed by atoms with Crippen molar-refractivity contribution < 1.29 is 4.39 Å². The zero-order valence-corrected chi connectivity index (χ0v) is 16.1. The van der Waals surface area contributed by atoms with E-state index < -0.39 is 0 Å². The molecule has 0 radical (unpaired) electrons. The van der Waals surface area contributed by atoms with Crippen LogP contribution in [0.4, 0.5) is 10.2 Å². The van der Waals surface area contributed by atoms with E-state index in [1.54, 1.807) is 23.9 Å². The zero-order valence-electron chi connectivity index (χ0n) is 14.5. The van der Waals surface area contributed by atoms with Crippen molar-refractivity contribution in [1.29, 1.82) is 0 Å². The molecule has 2 aromatic rings. The average molecular weight is 371 g/mol. The molecule has 1 atom stereocenters. The molecular weight excluding hydrogens is 347 g/mol. The molecule has 2 heterocycles. The molecule has 0 amide bonds. The summed E-state index contributed by atoms with van der Waals surface area (Å²) in [7, 11) is 6.03. The lowest BCUT2D eigenvalue weighted by Crippen LogP contribution is -2.25. The van der Waals surface area contributed by atoms with Crippen LogP contribution in [0.3, 0.4) is 0 Å². The van der Waals surface area contributed by atoms with Crippen LogP contribution in [0.15, 0.2) is 23.1 Å². The topological polar surface area (TPSA) is 33.1 Å². The molecule has 0 fully saturated rings. The number of aryl methyl sites for hydroxylation is 2. The number of halogens is 2. The highest BCUT2D eigenvalue weighted by atomic mass is 35.5. The van der Waals surface area contributed by atoms with Crippen LogP contribution in [0, 0.1) is 12.7 Å². The minimum absolute atomic E-state index is 0. The molecule has 1 aromatic heterocycles. The van der Waals surface area contributed by atoms with Gasteiger partial charge in [0.2, 0.25) is 0 Å². The number of hydrogen-bond acceptors (Lipinski definition) is 4. The molecule has 24 heavy (non-hydrogen) atoms. The molecule has 7 heteroatoms. The van der Waals surface area contributed by atoms with E-state index in [1.807, 2.05) is 38.8 Å². The summed E-state index contributed by atoms with van der Waals surface area (Å²) in [5.41, 5.74) is 3.32. The molecule has 132 valence electrons. The van der Waals surface area contributed by atoms with Gasteiger partial charge in [-0.25, -0.2) is 4.39 Å². The maximum absolute atomic E-state index is 13.6.